The first-order valence-corrected chi connectivity index (χ1v) is 12.0. The zero-order chi connectivity index (χ0) is 22.3. The van der Waals surface area contributed by atoms with Gasteiger partial charge < -0.3 is 14.4 Å². The molecule has 0 radical (unpaired) electrons. The minimum Gasteiger partial charge on any atom is -0.483 e. The summed E-state index contributed by atoms with van der Waals surface area (Å²) >= 11 is 0. The van der Waals surface area contributed by atoms with Gasteiger partial charge in [0.25, 0.3) is 5.91 Å². The number of carbonyl (C=O) groups excluding carboxylic acids is 1. The predicted molar refractivity (Wildman–Crippen MR) is 127 cm³/mol. The Morgan fingerprint density at radius 2 is 1.62 bits per heavy atom. The molecule has 2 atom stereocenters. The van der Waals surface area contributed by atoms with E-state index in [4.69, 9.17) is 9.47 Å². The van der Waals surface area contributed by atoms with Gasteiger partial charge in [0.1, 0.15) is 5.75 Å². The molecule has 2 aliphatic rings. The Kier molecular flexibility index (Phi) is 7.82. The molecule has 2 aromatic carbocycles. The first kappa shape index (κ1) is 22.8. The van der Waals surface area contributed by atoms with Gasteiger partial charge in [-0.25, -0.2) is 0 Å². The van der Waals surface area contributed by atoms with Crippen LogP contribution in [0.1, 0.15) is 37.8 Å². The molecule has 2 unspecified atom stereocenters. The van der Waals surface area contributed by atoms with E-state index in [1.165, 1.54) is 5.56 Å². The summed E-state index contributed by atoms with van der Waals surface area (Å²) in [6.45, 7) is 9.21. The van der Waals surface area contributed by atoms with Gasteiger partial charge in [0.05, 0.1) is 12.2 Å². The topological polar surface area (TPSA) is 42.0 Å². The lowest BCUT2D eigenvalue weighted by molar-refractivity contribution is -0.135. The molecule has 0 N–H and O–H groups in total. The van der Waals surface area contributed by atoms with Crippen LogP contribution in [0.3, 0.4) is 0 Å². The van der Waals surface area contributed by atoms with Crippen LogP contribution < -0.4 is 4.74 Å². The van der Waals surface area contributed by atoms with Gasteiger partial charge in [0.15, 0.2) is 6.61 Å². The third-order valence-corrected chi connectivity index (χ3v) is 6.54. The van der Waals surface area contributed by atoms with Gasteiger partial charge in [-0.2, -0.15) is 0 Å². The number of para-hydroxylation sites is 1. The molecule has 0 saturated carbocycles. The van der Waals surface area contributed by atoms with Crippen molar-refractivity contribution < 1.29 is 14.3 Å². The number of amides is 1. The van der Waals surface area contributed by atoms with Crippen molar-refractivity contribution >= 4 is 5.91 Å². The van der Waals surface area contributed by atoms with E-state index in [0.717, 1.165) is 63.3 Å². The Morgan fingerprint density at radius 1 is 0.969 bits per heavy atom. The number of piperidine rings is 1. The SMILES string of the molecule is CC1CN(CC2CCN(C(=O)COc3ccccc3Cc3ccccc3)CC2)CC(C)O1. The Labute approximate surface area is 192 Å². The summed E-state index contributed by atoms with van der Waals surface area (Å²) < 4.78 is 11.8. The normalized spacial score (nSPS) is 22.6. The van der Waals surface area contributed by atoms with Gasteiger partial charge in [-0.15, -0.1) is 0 Å². The van der Waals surface area contributed by atoms with E-state index in [2.05, 4.69) is 36.9 Å². The summed E-state index contributed by atoms with van der Waals surface area (Å²) in [5.74, 6) is 1.55. The summed E-state index contributed by atoms with van der Waals surface area (Å²) in [6, 6.07) is 18.4. The molecular weight excluding hydrogens is 400 g/mol. The number of hydrogen-bond acceptors (Lipinski definition) is 4. The van der Waals surface area contributed by atoms with Crippen LogP contribution in [0.2, 0.25) is 0 Å². The number of nitrogens with zero attached hydrogens (tertiary/aromatic N) is 2. The number of likely N-dealkylation sites (tertiary alicyclic amines) is 1. The predicted octanol–water partition coefficient (Wildman–Crippen LogP) is 4.00. The van der Waals surface area contributed by atoms with E-state index < -0.39 is 0 Å². The lowest BCUT2D eigenvalue weighted by Gasteiger charge is -2.39. The highest BCUT2D eigenvalue weighted by Crippen LogP contribution is 2.23. The van der Waals surface area contributed by atoms with Crippen LogP contribution in [0.4, 0.5) is 0 Å². The molecule has 2 heterocycles. The summed E-state index contributed by atoms with van der Waals surface area (Å²) in [4.78, 5) is 17.3. The second kappa shape index (κ2) is 11.0. The van der Waals surface area contributed by atoms with Crippen LogP contribution in [0.25, 0.3) is 0 Å². The van der Waals surface area contributed by atoms with Crippen molar-refractivity contribution in [3.8, 4) is 5.75 Å². The van der Waals surface area contributed by atoms with Gasteiger partial charge >= 0.3 is 0 Å². The smallest absolute Gasteiger partial charge is 0.260 e. The molecule has 32 heavy (non-hydrogen) atoms. The molecule has 5 nitrogen and oxygen atoms in total. The van der Waals surface area contributed by atoms with Crippen molar-refractivity contribution in [1.82, 2.24) is 9.80 Å². The highest BCUT2D eigenvalue weighted by Gasteiger charge is 2.28. The number of benzene rings is 2. The maximum Gasteiger partial charge on any atom is 0.260 e. The Hall–Kier alpha value is -2.37. The molecule has 0 spiro atoms. The second-order valence-electron chi connectivity index (χ2n) is 9.36. The molecule has 2 aliphatic heterocycles. The fraction of sp³-hybridized carbons (Fsp3) is 0.519. The second-order valence-corrected chi connectivity index (χ2v) is 9.36. The van der Waals surface area contributed by atoms with Crippen molar-refractivity contribution in [2.45, 2.75) is 45.3 Å². The summed E-state index contributed by atoms with van der Waals surface area (Å²) in [5.41, 5.74) is 2.35. The number of carbonyl (C=O) groups is 1. The number of rotatable bonds is 7. The molecule has 172 valence electrons. The largest absolute Gasteiger partial charge is 0.483 e. The standard InChI is InChI=1S/C27H36N2O3/c1-21-17-28(18-22(2)32-21)19-24-12-14-29(15-13-24)27(30)20-31-26-11-7-6-10-25(26)16-23-8-4-3-5-9-23/h3-11,21-22,24H,12-20H2,1-2H3. The zero-order valence-corrected chi connectivity index (χ0v) is 19.4. The van der Waals surface area contributed by atoms with Crippen LogP contribution in [-0.4, -0.2) is 67.2 Å². The van der Waals surface area contributed by atoms with Crippen molar-refractivity contribution in [2.24, 2.45) is 5.92 Å². The Morgan fingerprint density at radius 3 is 2.34 bits per heavy atom. The lowest BCUT2D eigenvalue weighted by atomic mass is 9.95. The van der Waals surface area contributed by atoms with E-state index >= 15 is 0 Å². The van der Waals surface area contributed by atoms with Crippen LogP contribution in [0.15, 0.2) is 54.6 Å². The minimum absolute atomic E-state index is 0.0894. The fourth-order valence-corrected chi connectivity index (χ4v) is 5.00. The highest BCUT2D eigenvalue weighted by atomic mass is 16.5. The number of ether oxygens (including phenoxy) is 2. The van der Waals surface area contributed by atoms with E-state index in [1.54, 1.807) is 0 Å². The first-order chi connectivity index (χ1) is 15.6. The van der Waals surface area contributed by atoms with E-state index in [9.17, 15) is 4.79 Å². The maximum atomic E-state index is 12.8. The van der Waals surface area contributed by atoms with Crippen LogP contribution in [0, 0.1) is 5.92 Å². The van der Waals surface area contributed by atoms with E-state index in [1.807, 2.05) is 41.3 Å². The molecule has 2 saturated heterocycles. The zero-order valence-electron chi connectivity index (χ0n) is 19.4. The van der Waals surface area contributed by atoms with Crippen LogP contribution >= 0.6 is 0 Å². The van der Waals surface area contributed by atoms with Gasteiger partial charge in [0.2, 0.25) is 0 Å². The molecule has 0 aliphatic carbocycles. The van der Waals surface area contributed by atoms with Gasteiger partial charge in [0, 0.05) is 39.1 Å². The molecule has 5 heteroatoms. The molecular formula is C27H36N2O3. The maximum absolute atomic E-state index is 12.8. The van der Waals surface area contributed by atoms with Crippen molar-refractivity contribution in [2.75, 3.05) is 39.3 Å². The van der Waals surface area contributed by atoms with E-state index in [-0.39, 0.29) is 12.5 Å². The van der Waals surface area contributed by atoms with Crippen LogP contribution in [0.5, 0.6) is 5.75 Å². The highest BCUT2D eigenvalue weighted by molar-refractivity contribution is 5.77. The third kappa shape index (κ3) is 6.33. The average Bonchev–Trinajstić information content (AvgIpc) is 2.79. The van der Waals surface area contributed by atoms with Gasteiger partial charge in [-0.3, -0.25) is 9.69 Å². The number of hydrogen-bond donors (Lipinski definition) is 0. The summed E-state index contributed by atoms with van der Waals surface area (Å²) in [6.07, 6.45) is 3.55. The fourth-order valence-electron chi connectivity index (χ4n) is 5.00. The monoisotopic (exact) mass is 436 g/mol. The van der Waals surface area contributed by atoms with Crippen LogP contribution in [-0.2, 0) is 16.0 Å². The van der Waals surface area contributed by atoms with Crippen molar-refractivity contribution in [1.29, 1.82) is 0 Å². The lowest BCUT2D eigenvalue weighted by Crippen LogP contribution is -2.49. The quantitative estimate of drug-likeness (QED) is 0.658. The molecule has 1 amide bonds. The van der Waals surface area contributed by atoms with Crippen molar-refractivity contribution in [3.63, 3.8) is 0 Å². The first-order valence-electron chi connectivity index (χ1n) is 12.0. The molecule has 4 rings (SSSR count). The summed E-state index contributed by atoms with van der Waals surface area (Å²) in [5, 5.41) is 0. The minimum atomic E-state index is 0.0894. The Bertz CT molecular complexity index is 854. The van der Waals surface area contributed by atoms with Gasteiger partial charge in [-0.05, 0) is 49.8 Å². The molecule has 2 fully saturated rings. The number of morpholine rings is 1. The van der Waals surface area contributed by atoms with Gasteiger partial charge in [-0.1, -0.05) is 48.5 Å². The van der Waals surface area contributed by atoms with Crippen molar-refractivity contribution in [3.05, 3.63) is 65.7 Å². The molecule has 0 aromatic heterocycles. The molecule has 0 bridgehead atoms. The molecule has 2 aromatic rings. The average molecular weight is 437 g/mol. The summed E-state index contributed by atoms with van der Waals surface area (Å²) in [7, 11) is 0. The van der Waals surface area contributed by atoms with E-state index in [0.29, 0.717) is 18.1 Å². The third-order valence-electron chi connectivity index (χ3n) is 6.54. The Balaban J connectivity index is 1.24.